The Labute approximate surface area is 248 Å². The molecule has 4 aromatic carbocycles. The van der Waals surface area contributed by atoms with E-state index in [0.717, 1.165) is 30.3 Å². The fourth-order valence-electron chi connectivity index (χ4n) is 3.50. The van der Waals surface area contributed by atoms with Crippen molar-refractivity contribution in [3.63, 3.8) is 0 Å². The average Bonchev–Trinajstić information content (AvgIpc) is 2.57. The van der Waals surface area contributed by atoms with Gasteiger partial charge in [0.25, 0.3) is 0 Å². The molecule has 0 unspecified atom stereocenters. The van der Waals surface area contributed by atoms with Gasteiger partial charge in [-0.1, -0.05) is 6.07 Å². The van der Waals surface area contributed by atoms with Crippen LogP contribution in [0.5, 0.6) is 5.75 Å². The van der Waals surface area contributed by atoms with Gasteiger partial charge in [-0.25, -0.2) is 25.3 Å². The molecule has 16 heteroatoms. The first-order valence-corrected chi connectivity index (χ1v) is 11.8. The number of aromatic hydroxyl groups is 1. The standard InChI is InChI=1S/C16H10O10S3.3Na/c17-11-3-1-7-14(29(24,25)26)6-10-12(27(18,19)20)4-2-8-13(28(21,22)23)5-9(11)15(7)16(8)10;;;/h1-6,17H,(H,18,19,20)(H,21,22,23)(H,24,25,26);;;/q;3*+1/p-3. The molecule has 0 heterocycles. The van der Waals surface area contributed by atoms with Crippen molar-refractivity contribution in [3.8, 4) is 5.75 Å². The minimum absolute atomic E-state index is 0. The predicted molar refractivity (Wildman–Crippen MR) is 95.7 cm³/mol. The molecule has 32 heavy (non-hydrogen) atoms. The molecule has 0 aliphatic heterocycles. The fourth-order valence-corrected chi connectivity index (χ4v) is 5.57. The maximum absolute atomic E-state index is 11.8. The Bertz CT molecular complexity index is 1680. The van der Waals surface area contributed by atoms with Gasteiger partial charge >= 0.3 is 88.7 Å². The Balaban J connectivity index is 0.00000171. The van der Waals surface area contributed by atoms with Gasteiger partial charge in [0.05, 0.1) is 14.7 Å². The van der Waals surface area contributed by atoms with E-state index < -0.39 is 56.2 Å². The molecule has 0 amide bonds. The van der Waals surface area contributed by atoms with E-state index in [1.807, 2.05) is 0 Å². The van der Waals surface area contributed by atoms with Crippen LogP contribution in [0.25, 0.3) is 32.3 Å². The van der Waals surface area contributed by atoms with E-state index in [1.54, 1.807) is 0 Å². The van der Waals surface area contributed by atoms with Crippen LogP contribution in [0, 0.1) is 0 Å². The summed E-state index contributed by atoms with van der Waals surface area (Å²) in [6.07, 6.45) is 0. The zero-order chi connectivity index (χ0) is 21.5. The zero-order valence-corrected chi connectivity index (χ0v) is 25.3. The van der Waals surface area contributed by atoms with E-state index in [0.29, 0.717) is 6.07 Å². The van der Waals surface area contributed by atoms with Crippen LogP contribution in [0.15, 0.2) is 51.1 Å². The fraction of sp³-hybridized carbons (Fsp3) is 0. The third-order valence-corrected chi connectivity index (χ3v) is 7.22. The van der Waals surface area contributed by atoms with Gasteiger partial charge < -0.3 is 18.8 Å². The maximum atomic E-state index is 11.8. The molecular weight excluding hydrogens is 517 g/mol. The topological polar surface area (TPSA) is 192 Å². The second kappa shape index (κ2) is 9.84. The van der Waals surface area contributed by atoms with Gasteiger partial charge in [-0.3, -0.25) is 0 Å². The summed E-state index contributed by atoms with van der Waals surface area (Å²) in [5.41, 5.74) is 0. The molecule has 0 aliphatic carbocycles. The number of rotatable bonds is 3. The molecule has 0 aromatic heterocycles. The Hall–Kier alpha value is 0.450. The molecule has 4 rings (SSSR count). The van der Waals surface area contributed by atoms with Crippen molar-refractivity contribution >= 4 is 62.7 Å². The predicted octanol–water partition coefficient (Wildman–Crippen LogP) is -7.99. The van der Waals surface area contributed by atoms with Crippen LogP contribution in [-0.4, -0.2) is 44.0 Å². The molecule has 0 saturated carbocycles. The summed E-state index contributed by atoms with van der Waals surface area (Å²) in [4.78, 5) is -2.60. The second-order valence-corrected chi connectivity index (χ2v) is 10.2. The van der Waals surface area contributed by atoms with E-state index >= 15 is 0 Å². The number of hydrogen-bond donors (Lipinski definition) is 1. The van der Waals surface area contributed by atoms with E-state index in [4.69, 9.17) is 0 Å². The van der Waals surface area contributed by atoms with Crippen LogP contribution in [0.3, 0.4) is 0 Å². The van der Waals surface area contributed by atoms with Gasteiger partial charge in [0.15, 0.2) is 0 Å². The van der Waals surface area contributed by atoms with Crippen molar-refractivity contribution in [1.29, 1.82) is 0 Å². The van der Waals surface area contributed by atoms with Gasteiger partial charge in [0.1, 0.15) is 36.1 Å². The summed E-state index contributed by atoms with van der Waals surface area (Å²) < 4.78 is 106. The molecule has 0 atom stereocenters. The molecule has 0 spiro atoms. The summed E-state index contributed by atoms with van der Waals surface area (Å²) in [6, 6.07) is 5.16. The van der Waals surface area contributed by atoms with Gasteiger partial charge in [-0.15, -0.1) is 0 Å². The minimum atomic E-state index is -5.19. The first-order valence-electron chi connectivity index (χ1n) is 7.56. The van der Waals surface area contributed by atoms with Crippen molar-refractivity contribution in [2.45, 2.75) is 14.7 Å². The molecule has 4 aromatic rings. The average molecular weight is 524 g/mol. The van der Waals surface area contributed by atoms with E-state index in [2.05, 4.69) is 0 Å². The number of phenols is 1. The SMILES string of the molecule is O=S(=O)([O-])c1cc2c(S(=O)(=O)[O-])ccc3c(S(=O)(=O)[O-])cc4c(O)ccc1c4c32.[Na+].[Na+].[Na+]. The third kappa shape index (κ3) is 5.03. The molecule has 10 nitrogen and oxygen atoms in total. The molecule has 0 aliphatic rings. The normalized spacial score (nSPS) is 12.3. The number of benzene rings is 4. The molecule has 1 N–H and O–H groups in total. The number of phenolic OH excluding ortho intramolecular Hbond substituents is 1. The summed E-state index contributed by atoms with van der Waals surface area (Å²) in [5, 5.41) is 8.33. The van der Waals surface area contributed by atoms with Gasteiger partial charge in [-0.05, 0) is 30.3 Å². The second-order valence-electron chi connectivity index (χ2n) is 6.20. The first-order chi connectivity index (χ1) is 13.2. The monoisotopic (exact) mass is 524 g/mol. The molecule has 0 radical (unpaired) electrons. The zero-order valence-electron chi connectivity index (χ0n) is 16.8. The molecule has 0 saturated heterocycles. The Morgan fingerprint density at radius 3 is 1.34 bits per heavy atom. The third-order valence-electron chi connectivity index (χ3n) is 4.57. The summed E-state index contributed by atoms with van der Waals surface area (Å²) in [5.74, 6) is -0.554. The van der Waals surface area contributed by atoms with Crippen LogP contribution < -0.4 is 88.7 Å². The van der Waals surface area contributed by atoms with Crippen LogP contribution in [-0.2, 0) is 30.4 Å². The van der Waals surface area contributed by atoms with Gasteiger partial charge in [-0.2, -0.15) is 0 Å². The molecule has 0 bridgehead atoms. The van der Waals surface area contributed by atoms with E-state index in [-0.39, 0.29) is 116 Å². The van der Waals surface area contributed by atoms with Crippen molar-refractivity contribution in [1.82, 2.24) is 0 Å². The quantitative estimate of drug-likeness (QED) is 0.153. The summed E-state index contributed by atoms with van der Waals surface area (Å²) >= 11 is 0. The smallest absolute Gasteiger partial charge is 0.744 e. The minimum Gasteiger partial charge on any atom is -0.744 e. The van der Waals surface area contributed by atoms with Gasteiger partial charge in [0, 0.05) is 32.3 Å². The largest absolute Gasteiger partial charge is 1.00 e. The van der Waals surface area contributed by atoms with Crippen molar-refractivity contribution in [3.05, 3.63) is 36.4 Å². The molecule has 152 valence electrons. The molecular formula is C16H7Na3O10S3. The van der Waals surface area contributed by atoms with Crippen molar-refractivity contribution in [2.24, 2.45) is 0 Å². The van der Waals surface area contributed by atoms with Crippen LogP contribution >= 0.6 is 0 Å². The first kappa shape index (κ1) is 30.5. The van der Waals surface area contributed by atoms with E-state index in [9.17, 15) is 44.0 Å². The molecule has 0 fully saturated rings. The van der Waals surface area contributed by atoms with Crippen LogP contribution in [0.1, 0.15) is 0 Å². The van der Waals surface area contributed by atoms with E-state index in [1.165, 1.54) is 0 Å². The Morgan fingerprint density at radius 1 is 0.531 bits per heavy atom. The summed E-state index contributed by atoms with van der Waals surface area (Å²) in [6.45, 7) is 0. The Kier molecular flexibility index (Phi) is 9.37. The maximum Gasteiger partial charge on any atom is 1.00 e. The van der Waals surface area contributed by atoms with Crippen LogP contribution in [0.4, 0.5) is 0 Å². The van der Waals surface area contributed by atoms with Crippen molar-refractivity contribution in [2.75, 3.05) is 0 Å². The van der Waals surface area contributed by atoms with Gasteiger partial charge in [0.2, 0.25) is 0 Å². The Morgan fingerprint density at radius 2 is 0.906 bits per heavy atom. The van der Waals surface area contributed by atoms with Crippen molar-refractivity contribution < 1.29 is 133 Å². The number of hydrogen-bond acceptors (Lipinski definition) is 10. The van der Waals surface area contributed by atoms with Crippen LogP contribution in [0.2, 0.25) is 0 Å². The summed E-state index contributed by atoms with van der Waals surface area (Å²) in [7, 11) is -15.5.